The van der Waals surface area contributed by atoms with E-state index in [-0.39, 0.29) is 11.9 Å². The van der Waals surface area contributed by atoms with Gasteiger partial charge in [-0.25, -0.2) is 9.67 Å². The Morgan fingerprint density at radius 2 is 1.80 bits per heavy atom. The van der Waals surface area contributed by atoms with Crippen molar-refractivity contribution in [3.63, 3.8) is 0 Å². The number of aromatic nitrogens is 3. The lowest BCUT2D eigenvalue weighted by molar-refractivity contribution is 0.0994. The van der Waals surface area contributed by atoms with Gasteiger partial charge in [-0.15, -0.1) is 0 Å². The zero-order valence-corrected chi connectivity index (χ0v) is 18.0. The number of hydrogen-bond acceptors (Lipinski definition) is 3. The van der Waals surface area contributed by atoms with Crippen molar-refractivity contribution in [2.45, 2.75) is 33.7 Å². The van der Waals surface area contributed by atoms with Gasteiger partial charge in [-0.05, 0) is 57.0 Å². The maximum Gasteiger partial charge on any atom is 0.258 e. The molecule has 30 heavy (non-hydrogen) atoms. The summed E-state index contributed by atoms with van der Waals surface area (Å²) in [7, 11) is 1.81. The number of fused-ring (bicyclic) bond motifs is 1. The Morgan fingerprint density at radius 3 is 2.50 bits per heavy atom. The van der Waals surface area contributed by atoms with Crippen molar-refractivity contribution in [2.75, 3.05) is 11.9 Å². The average molecular weight is 399 g/mol. The van der Waals surface area contributed by atoms with E-state index in [2.05, 4.69) is 31.9 Å². The van der Waals surface area contributed by atoms with Crippen molar-refractivity contribution >= 4 is 22.6 Å². The van der Waals surface area contributed by atoms with Crippen LogP contribution in [0.25, 0.3) is 22.3 Å². The fraction of sp³-hybridized carbons (Fsp3) is 0.240. The number of hydrogen-bond donors (Lipinski definition) is 0. The van der Waals surface area contributed by atoms with Gasteiger partial charge in [0.2, 0.25) is 0 Å². The van der Waals surface area contributed by atoms with E-state index in [1.807, 2.05) is 67.2 Å². The molecule has 0 bridgehead atoms. The highest BCUT2D eigenvalue weighted by molar-refractivity contribution is 6.13. The van der Waals surface area contributed by atoms with Crippen LogP contribution in [0.2, 0.25) is 0 Å². The first kappa shape index (κ1) is 19.8. The highest BCUT2D eigenvalue weighted by atomic mass is 16.2. The molecule has 0 fully saturated rings. The third-order valence-corrected chi connectivity index (χ3v) is 5.40. The summed E-state index contributed by atoms with van der Waals surface area (Å²) in [5.74, 6) is -0.0776. The van der Waals surface area contributed by atoms with E-state index < -0.39 is 0 Å². The van der Waals surface area contributed by atoms with E-state index in [1.165, 1.54) is 0 Å². The molecule has 0 spiro atoms. The quantitative estimate of drug-likeness (QED) is 0.451. The van der Waals surface area contributed by atoms with Crippen molar-refractivity contribution in [3.05, 3.63) is 77.5 Å². The van der Waals surface area contributed by atoms with Gasteiger partial charge in [-0.1, -0.05) is 36.4 Å². The van der Waals surface area contributed by atoms with Gasteiger partial charge < -0.3 is 4.90 Å². The molecular formula is C25H26N4O. The molecule has 2 aromatic heterocycles. The van der Waals surface area contributed by atoms with Crippen LogP contribution in [-0.2, 0) is 0 Å². The Labute approximate surface area is 177 Å². The van der Waals surface area contributed by atoms with Crippen LogP contribution < -0.4 is 4.90 Å². The van der Waals surface area contributed by atoms with Crippen LogP contribution in [-0.4, -0.2) is 27.7 Å². The van der Waals surface area contributed by atoms with Crippen molar-refractivity contribution in [2.24, 2.45) is 0 Å². The van der Waals surface area contributed by atoms with E-state index in [0.717, 1.165) is 39.1 Å². The molecule has 1 amide bonds. The Bertz CT molecular complexity index is 1240. The molecule has 4 rings (SSSR count). The second-order valence-corrected chi connectivity index (χ2v) is 7.99. The topological polar surface area (TPSA) is 51.0 Å². The number of pyridine rings is 1. The highest BCUT2D eigenvalue weighted by Crippen LogP contribution is 2.29. The van der Waals surface area contributed by atoms with Gasteiger partial charge in [-0.3, -0.25) is 4.79 Å². The SMILES string of the molecule is Cc1cccc(N(C)C(=O)c2cc(-c3ccccc3C)nc3c2cnn3C(C)C)c1. The Balaban J connectivity index is 1.92. The number of amides is 1. The van der Waals surface area contributed by atoms with Crippen LogP contribution >= 0.6 is 0 Å². The molecule has 0 atom stereocenters. The standard InChI is InChI=1S/C25H26N4O/c1-16(2)29-24-22(15-26-29)21(14-23(27-24)20-12-7-6-10-18(20)4)25(30)28(5)19-11-8-9-17(3)13-19/h6-16H,1-5H3. The number of carbonyl (C=O) groups excluding carboxylic acids is 1. The smallest absolute Gasteiger partial charge is 0.258 e. The highest BCUT2D eigenvalue weighted by Gasteiger charge is 2.22. The molecule has 0 unspecified atom stereocenters. The molecule has 5 nitrogen and oxygen atoms in total. The summed E-state index contributed by atoms with van der Waals surface area (Å²) in [5.41, 5.74) is 6.22. The summed E-state index contributed by atoms with van der Waals surface area (Å²) in [6, 6.07) is 18.1. The molecule has 0 radical (unpaired) electrons. The van der Waals surface area contributed by atoms with Gasteiger partial charge in [0, 0.05) is 24.3 Å². The Hall–Kier alpha value is -3.47. The number of rotatable bonds is 4. The summed E-state index contributed by atoms with van der Waals surface area (Å²) in [4.78, 5) is 20.2. The van der Waals surface area contributed by atoms with Gasteiger partial charge >= 0.3 is 0 Å². The summed E-state index contributed by atoms with van der Waals surface area (Å²) in [6.07, 6.45) is 1.75. The predicted octanol–water partition coefficient (Wildman–Crippen LogP) is 5.57. The molecule has 0 saturated heterocycles. The van der Waals surface area contributed by atoms with E-state index in [4.69, 9.17) is 4.98 Å². The largest absolute Gasteiger partial charge is 0.311 e. The van der Waals surface area contributed by atoms with E-state index in [1.54, 1.807) is 11.1 Å². The first-order chi connectivity index (χ1) is 14.4. The molecule has 0 aliphatic rings. The molecule has 5 heteroatoms. The Morgan fingerprint density at radius 1 is 1.03 bits per heavy atom. The van der Waals surface area contributed by atoms with E-state index >= 15 is 0 Å². The molecule has 152 valence electrons. The van der Waals surface area contributed by atoms with Crippen LogP contribution in [0.1, 0.15) is 41.4 Å². The molecule has 0 N–H and O–H groups in total. The number of nitrogens with zero attached hydrogens (tertiary/aromatic N) is 4. The number of aryl methyl sites for hydroxylation is 2. The van der Waals surface area contributed by atoms with Gasteiger partial charge in [-0.2, -0.15) is 5.10 Å². The summed E-state index contributed by atoms with van der Waals surface area (Å²) < 4.78 is 1.88. The van der Waals surface area contributed by atoms with Crippen molar-refractivity contribution in [1.29, 1.82) is 0 Å². The van der Waals surface area contributed by atoms with E-state index in [0.29, 0.717) is 5.56 Å². The van der Waals surface area contributed by atoms with Crippen molar-refractivity contribution in [3.8, 4) is 11.3 Å². The molecule has 2 heterocycles. The second kappa shape index (κ2) is 7.75. The van der Waals surface area contributed by atoms with Gasteiger partial charge in [0.1, 0.15) is 0 Å². The van der Waals surface area contributed by atoms with Crippen LogP contribution in [0.4, 0.5) is 5.69 Å². The normalized spacial score (nSPS) is 11.3. The minimum Gasteiger partial charge on any atom is -0.311 e. The summed E-state index contributed by atoms with van der Waals surface area (Å²) >= 11 is 0. The van der Waals surface area contributed by atoms with Crippen LogP contribution in [0, 0.1) is 13.8 Å². The monoisotopic (exact) mass is 398 g/mol. The number of anilines is 1. The zero-order chi connectivity index (χ0) is 21.4. The van der Waals surface area contributed by atoms with Gasteiger partial charge in [0.15, 0.2) is 5.65 Å². The summed E-state index contributed by atoms with van der Waals surface area (Å²) in [6.45, 7) is 8.21. The first-order valence-electron chi connectivity index (χ1n) is 10.2. The fourth-order valence-corrected chi connectivity index (χ4v) is 3.71. The zero-order valence-electron chi connectivity index (χ0n) is 18.0. The first-order valence-corrected chi connectivity index (χ1v) is 10.2. The lowest BCUT2D eigenvalue weighted by atomic mass is 10.0. The molecule has 2 aromatic carbocycles. The van der Waals surface area contributed by atoms with E-state index in [9.17, 15) is 4.79 Å². The minimum absolute atomic E-state index is 0.0776. The molecule has 0 aliphatic carbocycles. The maximum atomic E-state index is 13.6. The average Bonchev–Trinajstić information content (AvgIpc) is 3.16. The van der Waals surface area contributed by atoms with Gasteiger partial charge in [0.05, 0.1) is 22.8 Å². The molecular weight excluding hydrogens is 372 g/mol. The molecule has 4 aromatic rings. The minimum atomic E-state index is -0.0776. The third kappa shape index (κ3) is 3.47. The lowest BCUT2D eigenvalue weighted by Crippen LogP contribution is -2.26. The van der Waals surface area contributed by atoms with Crippen LogP contribution in [0.5, 0.6) is 0 Å². The predicted molar refractivity (Wildman–Crippen MR) is 122 cm³/mol. The van der Waals surface area contributed by atoms with Crippen LogP contribution in [0.3, 0.4) is 0 Å². The third-order valence-electron chi connectivity index (χ3n) is 5.40. The van der Waals surface area contributed by atoms with Crippen LogP contribution in [0.15, 0.2) is 60.8 Å². The number of benzene rings is 2. The van der Waals surface area contributed by atoms with Crippen molar-refractivity contribution in [1.82, 2.24) is 14.8 Å². The lowest BCUT2D eigenvalue weighted by Gasteiger charge is -2.19. The Kier molecular flexibility index (Phi) is 5.12. The second-order valence-electron chi connectivity index (χ2n) is 7.99. The van der Waals surface area contributed by atoms with Gasteiger partial charge in [0.25, 0.3) is 5.91 Å². The van der Waals surface area contributed by atoms with Crippen molar-refractivity contribution < 1.29 is 4.79 Å². The molecule has 0 saturated carbocycles. The fourth-order valence-electron chi connectivity index (χ4n) is 3.71. The summed E-state index contributed by atoms with van der Waals surface area (Å²) in [5, 5.41) is 5.29. The molecule has 0 aliphatic heterocycles. The number of carbonyl (C=O) groups is 1. The maximum absolute atomic E-state index is 13.6.